The summed E-state index contributed by atoms with van der Waals surface area (Å²) >= 11 is 3.35. The fourth-order valence-electron chi connectivity index (χ4n) is 2.22. The van der Waals surface area contributed by atoms with E-state index in [0.29, 0.717) is 25.7 Å². The van der Waals surface area contributed by atoms with Crippen LogP contribution in [0.4, 0.5) is 0 Å². The Hall–Kier alpha value is -0.430. The van der Waals surface area contributed by atoms with Gasteiger partial charge in [-0.25, -0.2) is 13.1 Å². The van der Waals surface area contributed by atoms with Gasteiger partial charge >= 0.3 is 0 Å². The Balaban J connectivity index is 0.00000200. The lowest BCUT2D eigenvalue weighted by molar-refractivity contribution is 0.120. The van der Waals surface area contributed by atoms with Crippen molar-refractivity contribution in [2.24, 2.45) is 0 Å². The van der Waals surface area contributed by atoms with Crippen LogP contribution in [-0.2, 0) is 10.0 Å². The molecule has 0 aliphatic heterocycles. The van der Waals surface area contributed by atoms with E-state index in [1.54, 1.807) is 18.2 Å². The van der Waals surface area contributed by atoms with Crippen LogP contribution in [0.3, 0.4) is 0 Å². The molecule has 0 spiro atoms. The molecule has 1 aliphatic rings. The highest BCUT2D eigenvalue weighted by atomic mass is 79.9. The zero-order valence-corrected chi connectivity index (χ0v) is 13.2. The SMILES string of the molecule is Cc1ccc(S(=O)(=O)NC2CCC(O)CC2)cc1Br.[HH]. The molecular weight excluding hydrogens is 330 g/mol. The molecule has 108 valence electrons. The minimum Gasteiger partial charge on any atom is -0.393 e. The van der Waals surface area contributed by atoms with Gasteiger partial charge in [-0.1, -0.05) is 22.0 Å². The summed E-state index contributed by atoms with van der Waals surface area (Å²) in [5.74, 6) is 0. The Morgan fingerprint density at radius 1 is 1.32 bits per heavy atom. The van der Waals surface area contributed by atoms with E-state index in [2.05, 4.69) is 20.7 Å². The van der Waals surface area contributed by atoms with Crippen LogP contribution >= 0.6 is 15.9 Å². The van der Waals surface area contributed by atoms with Gasteiger partial charge in [-0.3, -0.25) is 0 Å². The fourth-order valence-corrected chi connectivity index (χ4v) is 4.08. The van der Waals surface area contributed by atoms with Gasteiger partial charge in [-0.15, -0.1) is 0 Å². The highest BCUT2D eigenvalue weighted by Crippen LogP contribution is 2.23. The summed E-state index contributed by atoms with van der Waals surface area (Å²) in [6, 6.07) is 4.94. The molecule has 2 N–H and O–H groups in total. The molecule has 0 saturated heterocycles. The quantitative estimate of drug-likeness (QED) is 0.881. The lowest BCUT2D eigenvalue weighted by atomic mass is 9.94. The number of sulfonamides is 1. The van der Waals surface area contributed by atoms with Gasteiger partial charge in [0.15, 0.2) is 0 Å². The van der Waals surface area contributed by atoms with Crippen molar-refractivity contribution in [1.82, 2.24) is 4.72 Å². The second-order valence-electron chi connectivity index (χ2n) is 5.04. The molecular formula is C13H20BrNO3S. The number of rotatable bonds is 3. The summed E-state index contributed by atoms with van der Waals surface area (Å²) in [7, 11) is -3.48. The molecule has 0 aromatic heterocycles. The lowest BCUT2D eigenvalue weighted by Crippen LogP contribution is -2.38. The Kier molecular flexibility index (Phi) is 4.66. The van der Waals surface area contributed by atoms with Crippen LogP contribution in [0.5, 0.6) is 0 Å². The molecule has 2 rings (SSSR count). The molecule has 1 fully saturated rings. The van der Waals surface area contributed by atoms with Gasteiger partial charge in [0.2, 0.25) is 10.0 Å². The standard InChI is InChI=1S/C13H18BrNO3S.H2/c1-9-2-7-12(8-13(9)14)19(17,18)15-10-3-5-11(16)6-4-10;/h2,7-8,10-11,15-16H,3-6H2,1H3;1H. The van der Waals surface area contributed by atoms with Crippen molar-refractivity contribution in [1.29, 1.82) is 0 Å². The van der Waals surface area contributed by atoms with E-state index in [1.807, 2.05) is 6.92 Å². The molecule has 1 saturated carbocycles. The van der Waals surface area contributed by atoms with E-state index >= 15 is 0 Å². The van der Waals surface area contributed by atoms with Gasteiger partial charge < -0.3 is 5.11 Å². The fraction of sp³-hybridized carbons (Fsp3) is 0.538. The van der Waals surface area contributed by atoms with Crippen molar-refractivity contribution < 1.29 is 15.0 Å². The number of aliphatic hydroxyl groups is 1. The van der Waals surface area contributed by atoms with E-state index in [0.717, 1.165) is 10.0 Å². The van der Waals surface area contributed by atoms with Gasteiger partial charge in [0.05, 0.1) is 11.0 Å². The van der Waals surface area contributed by atoms with E-state index < -0.39 is 10.0 Å². The molecule has 0 heterocycles. The molecule has 0 bridgehead atoms. The van der Waals surface area contributed by atoms with E-state index in [9.17, 15) is 13.5 Å². The molecule has 1 aliphatic carbocycles. The van der Waals surface area contributed by atoms with Gasteiger partial charge in [-0.2, -0.15) is 0 Å². The monoisotopic (exact) mass is 349 g/mol. The molecule has 4 nitrogen and oxygen atoms in total. The number of halogens is 1. The van der Waals surface area contributed by atoms with Crippen molar-refractivity contribution >= 4 is 26.0 Å². The predicted molar refractivity (Wildman–Crippen MR) is 79.6 cm³/mol. The van der Waals surface area contributed by atoms with Crippen LogP contribution < -0.4 is 4.72 Å². The first kappa shape index (κ1) is 15.0. The number of benzene rings is 1. The highest BCUT2D eigenvalue weighted by Gasteiger charge is 2.24. The van der Waals surface area contributed by atoms with E-state index in [4.69, 9.17) is 0 Å². The van der Waals surface area contributed by atoms with E-state index in [-0.39, 0.29) is 18.5 Å². The zero-order chi connectivity index (χ0) is 14.0. The van der Waals surface area contributed by atoms with Gasteiger partial charge in [0.25, 0.3) is 0 Å². The highest BCUT2D eigenvalue weighted by molar-refractivity contribution is 9.10. The van der Waals surface area contributed by atoms with Crippen molar-refractivity contribution in [3.8, 4) is 0 Å². The Bertz CT molecular complexity index is 557. The maximum atomic E-state index is 12.3. The Labute approximate surface area is 123 Å². The molecule has 19 heavy (non-hydrogen) atoms. The number of hydrogen-bond acceptors (Lipinski definition) is 3. The largest absolute Gasteiger partial charge is 0.393 e. The topological polar surface area (TPSA) is 66.4 Å². The maximum Gasteiger partial charge on any atom is 0.240 e. The smallest absolute Gasteiger partial charge is 0.240 e. The third kappa shape index (κ3) is 3.78. The van der Waals surface area contributed by atoms with Crippen LogP contribution in [0.15, 0.2) is 27.6 Å². The third-order valence-electron chi connectivity index (χ3n) is 3.47. The minimum absolute atomic E-state index is 0. The minimum atomic E-state index is -3.48. The van der Waals surface area contributed by atoms with Crippen LogP contribution in [-0.4, -0.2) is 25.7 Å². The van der Waals surface area contributed by atoms with E-state index in [1.165, 1.54) is 0 Å². The maximum absolute atomic E-state index is 12.3. The zero-order valence-electron chi connectivity index (χ0n) is 10.8. The van der Waals surface area contributed by atoms with Crippen LogP contribution in [0.25, 0.3) is 0 Å². The summed E-state index contributed by atoms with van der Waals surface area (Å²) in [6.45, 7) is 1.91. The first-order valence-electron chi connectivity index (χ1n) is 6.35. The summed E-state index contributed by atoms with van der Waals surface area (Å²) in [4.78, 5) is 0.274. The molecule has 6 heteroatoms. The number of hydrogen-bond donors (Lipinski definition) is 2. The first-order chi connectivity index (χ1) is 8.88. The van der Waals surface area contributed by atoms with Crippen molar-refractivity contribution in [3.63, 3.8) is 0 Å². The molecule has 0 atom stereocenters. The molecule has 1 aromatic carbocycles. The van der Waals surface area contributed by atoms with Gasteiger partial charge in [0, 0.05) is 11.9 Å². The average Bonchev–Trinajstić information content (AvgIpc) is 2.35. The van der Waals surface area contributed by atoms with Crippen molar-refractivity contribution in [2.45, 2.75) is 49.6 Å². The molecule has 0 radical (unpaired) electrons. The Morgan fingerprint density at radius 2 is 1.95 bits per heavy atom. The van der Waals surface area contributed by atoms with Crippen LogP contribution in [0, 0.1) is 6.92 Å². The van der Waals surface area contributed by atoms with Crippen LogP contribution in [0.2, 0.25) is 0 Å². The third-order valence-corrected chi connectivity index (χ3v) is 5.84. The Morgan fingerprint density at radius 3 is 2.53 bits per heavy atom. The first-order valence-corrected chi connectivity index (χ1v) is 8.62. The normalized spacial score (nSPS) is 24.4. The number of aliphatic hydroxyl groups excluding tert-OH is 1. The summed E-state index contributed by atoms with van der Waals surface area (Å²) < 4.78 is 28.0. The van der Waals surface area contributed by atoms with Crippen molar-refractivity contribution in [2.75, 3.05) is 0 Å². The predicted octanol–water partition coefficient (Wildman–Crippen LogP) is 2.59. The summed E-state index contributed by atoms with van der Waals surface area (Å²) in [6.07, 6.45) is 2.41. The molecule has 1 aromatic rings. The van der Waals surface area contributed by atoms with Gasteiger partial charge in [0.1, 0.15) is 0 Å². The number of nitrogens with one attached hydrogen (secondary N) is 1. The second-order valence-corrected chi connectivity index (χ2v) is 7.61. The summed E-state index contributed by atoms with van der Waals surface area (Å²) in [5, 5.41) is 9.43. The molecule has 0 amide bonds. The lowest BCUT2D eigenvalue weighted by Gasteiger charge is -2.26. The second kappa shape index (κ2) is 5.91. The summed E-state index contributed by atoms with van der Waals surface area (Å²) in [5.41, 5.74) is 1.000. The van der Waals surface area contributed by atoms with Crippen molar-refractivity contribution in [3.05, 3.63) is 28.2 Å². The number of aryl methyl sites for hydroxylation is 1. The average molecular weight is 350 g/mol. The molecule has 0 unspecified atom stereocenters. The van der Waals surface area contributed by atoms with Gasteiger partial charge in [-0.05, 0) is 50.3 Å². The van der Waals surface area contributed by atoms with Crippen LogP contribution in [0.1, 0.15) is 32.7 Å².